The van der Waals surface area contributed by atoms with E-state index in [1.54, 1.807) is 12.1 Å². The van der Waals surface area contributed by atoms with Gasteiger partial charge in [-0.3, -0.25) is 4.79 Å². The lowest BCUT2D eigenvalue weighted by atomic mass is 9.94. The first-order valence-electron chi connectivity index (χ1n) is 6.67. The van der Waals surface area contributed by atoms with E-state index in [1.807, 2.05) is 0 Å². The Morgan fingerprint density at radius 2 is 1.80 bits per heavy atom. The molecule has 0 atom stereocenters. The molecule has 5 nitrogen and oxygen atoms in total. The SMILES string of the molecule is CS(=O)(=O)c1ccc(NC(=O)CC2(N)CCCC2)cc1. The van der Waals surface area contributed by atoms with Crippen molar-refractivity contribution in [3.8, 4) is 0 Å². The van der Waals surface area contributed by atoms with Crippen molar-refractivity contribution >= 4 is 21.4 Å². The van der Waals surface area contributed by atoms with Crippen LogP contribution in [0, 0.1) is 0 Å². The van der Waals surface area contributed by atoms with E-state index in [0.29, 0.717) is 12.1 Å². The third kappa shape index (κ3) is 3.80. The number of carbonyl (C=O) groups excluding carboxylic acids is 1. The Kier molecular flexibility index (Phi) is 4.15. The van der Waals surface area contributed by atoms with Gasteiger partial charge in [0.25, 0.3) is 0 Å². The van der Waals surface area contributed by atoms with Crippen molar-refractivity contribution in [2.24, 2.45) is 5.73 Å². The van der Waals surface area contributed by atoms with Crippen molar-refractivity contribution < 1.29 is 13.2 Å². The zero-order valence-corrected chi connectivity index (χ0v) is 12.4. The van der Waals surface area contributed by atoms with Crippen LogP contribution >= 0.6 is 0 Å². The normalized spacial score (nSPS) is 17.9. The minimum atomic E-state index is -3.21. The molecule has 1 aromatic rings. The summed E-state index contributed by atoms with van der Waals surface area (Å²) in [7, 11) is -3.21. The van der Waals surface area contributed by atoms with Crippen LogP contribution in [0.4, 0.5) is 5.69 Å². The number of carbonyl (C=O) groups is 1. The molecule has 1 fully saturated rings. The van der Waals surface area contributed by atoms with Gasteiger partial charge in [-0.25, -0.2) is 8.42 Å². The molecule has 1 aliphatic carbocycles. The molecule has 110 valence electrons. The summed E-state index contributed by atoms with van der Waals surface area (Å²) in [5.41, 5.74) is 6.36. The summed E-state index contributed by atoms with van der Waals surface area (Å²) in [6.45, 7) is 0. The number of rotatable bonds is 4. The van der Waals surface area contributed by atoms with Crippen molar-refractivity contribution in [2.75, 3.05) is 11.6 Å². The summed E-state index contributed by atoms with van der Waals surface area (Å²) < 4.78 is 22.7. The molecule has 20 heavy (non-hydrogen) atoms. The molecule has 1 amide bonds. The highest BCUT2D eigenvalue weighted by molar-refractivity contribution is 7.90. The van der Waals surface area contributed by atoms with Crippen LogP contribution < -0.4 is 11.1 Å². The molecular formula is C14H20N2O3S. The van der Waals surface area contributed by atoms with E-state index in [0.717, 1.165) is 31.9 Å². The maximum Gasteiger partial charge on any atom is 0.226 e. The number of hydrogen-bond donors (Lipinski definition) is 2. The quantitative estimate of drug-likeness (QED) is 0.885. The lowest BCUT2D eigenvalue weighted by Gasteiger charge is -2.22. The first-order valence-corrected chi connectivity index (χ1v) is 8.57. The van der Waals surface area contributed by atoms with Gasteiger partial charge in [0, 0.05) is 23.9 Å². The minimum absolute atomic E-state index is 0.124. The van der Waals surface area contributed by atoms with E-state index in [4.69, 9.17) is 5.73 Å². The molecule has 2 rings (SSSR count). The molecule has 3 N–H and O–H groups in total. The second-order valence-corrected chi connectivity index (χ2v) is 7.61. The van der Waals surface area contributed by atoms with E-state index < -0.39 is 9.84 Å². The van der Waals surface area contributed by atoms with E-state index in [-0.39, 0.29) is 16.3 Å². The second-order valence-electron chi connectivity index (χ2n) is 5.59. The minimum Gasteiger partial charge on any atom is -0.326 e. The van der Waals surface area contributed by atoms with Crippen LogP contribution in [0.1, 0.15) is 32.1 Å². The highest BCUT2D eigenvalue weighted by Crippen LogP contribution is 2.30. The Morgan fingerprint density at radius 3 is 2.30 bits per heavy atom. The average Bonchev–Trinajstić information content (AvgIpc) is 2.74. The zero-order chi connectivity index (χ0) is 14.8. The highest BCUT2D eigenvalue weighted by Gasteiger charge is 2.31. The van der Waals surface area contributed by atoms with E-state index in [1.165, 1.54) is 12.1 Å². The van der Waals surface area contributed by atoms with Crippen LogP contribution in [0.3, 0.4) is 0 Å². The van der Waals surface area contributed by atoms with Crippen molar-refractivity contribution in [2.45, 2.75) is 42.5 Å². The van der Waals surface area contributed by atoms with Crippen LogP contribution in [-0.2, 0) is 14.6 Å². The summed E-state index contributed by atoms with van der Waals surface area (Å²) in [5, 5.41) is 2.76. The molecule has 0 unspecified atom stereocenters. The van der Waals surface area contributed by atoms with Gasteiger partial charge < -0.3 is 11.1 Å². The number of benzene rings is 1. The Labute approximate surface area is 119 Å². The van der Waals surface area contributed by atoms with Crippen molar-refractivity contribution in [1.29, 1.82) is 0 Å². The third-order valence-corrected chi connectivity index (χ3v) is 4.81. The Bertz CT molecular complexity index is 587. The fourth-order valence-corrected chi connectivity index (χ4v) is 3.20. The molecule has 0 aromatic heterocycles. The van der Waals surface area contributed by atoms with Gasteiger partial charge >= 0.3 is 0 Å². The predicted octanol–water partition coefficient (Wildman–Crippen LogP) is 1.69. The third-order valence-electron chi connectivity index (χ3n) is 3.68. The van der Waals surface area contributed by atoms with Gasteiger partial charge in [0.05, 0.1) is 4.90 Å². The molecule has 0 heterocycles. The maximum atomic E-state index is 11.9. The molecule has 1 saturated carbocycles. The van der Waals surface area contributed by atoms with Gasteiger partial charge in [-0.15, -0.1) is 0 Å². The Hall–Kier alpha value is -1.40. The van der Waals surface area contributed by atoms with Crippen molar-refractivity contribution in [3.05, 3.63) is 24.3 Å². The zero-order valence-electron chi connectivity index (χ0n) is 11.6. The molecule has 1 aromatic carbocycles. The summed E-state index contributed by atoms with van der Waals surface area (Å²) in [6, 6.07) is 6.15. The maximum absolute atomic E-state index is 11.9. The number of nitrogens with two attached hydrogens (primary N) is 1. The van der Waals surface area contributed by atoms with Crippen LogP contribution in [0.15, 0.2) is 29.2 Å². The molecule has 0 saturated heterocycles. The Morgan fingerprint density at radius 1 is 1.25 bits per heavy atom. The number of anilines is 1. The van der Waals surface area contributed by atoms with E-state index in [9.17, 15) is 13.2 Å². The van der Waals surface area contributed by atoms with Gasteiger partial charge in [-0.2, -0.15) is 0 Å². The number of nitrogens with one attached hydrogen (secondary N) is 1. The average molecular weight is 296 g/mol. The van der Waals surface area contributed by atoms with Gasteiger partial charge in [0.2, 0.25) is 5.91 Å². The summed E-state index contributed by atoms with van der Waals surface area (Å²) in [4.78, 5) is 12.2. The predicted molar refractivity (Wildman–Crippen MR) is 78.2 cm³/mol. The molecule has 6 heteroatoms. The fraction of sp³-hybridized carbons (Fsp3) is 0.500. The largest absolute Gasteiger partial charge is 0.326 e. The fourth-order valence-electron chi connectivity index (χ4n) is 2.57. The van der Waals surface area contributed by atoms with Crippen LogP contribution in [-0.4, -0.2) is 26.1 Å². The summed E-state index contributed by atoms with van der Waals surface area (Å²) >= 11 is 0. The standard InChI is InChI=1S/C14H20N2O3S/c1-20(18,19)12-6-4-11(5-7-12)16-13(17)10-14(15)8-2-3-9-14/h4-7H,2-3,8-10,15H2,1H3,(H,16,17). The summed E-state index contributed by atoms with van der Waals surface area (Å²) in [6.07, 6.45) is 5.38. The van der Waals surface area contributed by atoms with Gasteiger partial charge in [-0.05, 0) is 37.1 Å². The molecule has 0 bridgehead atoms. The molecular weight excluding hydrogens is 276 g/mol. The monoisotopic (exact) mass is 296 g/mol. The smallest absolute Gasteiger partial charge is 0.226 e. The molecule has 0 radical (unpaired) electrons. The molecule has 1 aliphatic rings. The van der Waals surface area contributed by atoms with Gasteiger partial charge in [0.15, 0.2) is 9.84 Å². The number of hydrogen-bond acceptors (Lipinski definition) is 4. The first kappa shape index (κ1) is 15.0. The van der Waals surface area contributed by atoms with Crippen molar-refractivity contribution in [1.82, 2.24) is 0 Å². The summed E-state index contributed by atoms with van der Waals surface area (Å²) in [5.74, 6) is -0.124. The van der Waals surface area contributed by atoms with Gasteiger partial charge in [-0.1, -0.05) is 12.8 Å². The van der Waals surface area contributed by atoms with Crippen molar-refractivity contribution in [3.63, 3.8) is 0 Å². The number of amides is 1. The van der Waals surface area contributed by atoms with Gasteiger partial charge in [0.1, 0.15) is 0 Å². The van der Waals surface area contributed by atoms with E-state index in [2.05, 4.69) is 5.32 Å². The lowest BCUT2D eigenvalue weighted by molar-refractivity contribution is -0.117. The lowest BCUT2D eigenvalue weighted by Crippen LogP contribution is -2.40. The van der Waals surface area contributed by atoms with Crippen LogP contribution in [0.5, 0.6) is 0 Å². The Balaban J connectivity index is 1.98. The first-order chi connectivity index (χ1) is 9.28. The van der Waals surface area contributed by atoms with Crippen LogP contribution in [0.25, 0.3) is 0 Å². The second kappa shape index (κ2) is 5.54. The highest BCUT2D eigenvalue weighted by atomic mass is 32.2. The van der Waals surface area contributed by atoms with E-state index >= 15 is 0 Å². The molecule has 0 aliphatic heterocycles. The number of sulfone groups is 1. The molecule has 0 spiro atoms. The van der Waals surface area contributed by atoms with Crippen LogP contribution in [0.2, 0.25) is 0 Å². The topological polar surface area (TPSA) is 89.3 Å².